The first-order valence-corrected chi connectivity index (χ1v) is 6.96. The van der Waals surface area contributed by atoms with E-state index in [-0.39, 0.29) is 0 Å². The maximum Gasteiger partial charge on any atom is 0.166 e. The van der Waals surface area contributed by atoms with Crippen LogP contribution < -0.4 is 0 Å². The van der Waals surface area contributed by atoms with Gasteiger partial charge in [0.05, 0.1) is 0 Å². The third kappa shape index (κ3) is 2.43. The molecule has 2 aliphatic carbocycles. The van der Waals surface area contributed by atoms with Gasteiger partial charge in [-0.05, 0) is 43.6 Å². The van der Waals surface area contributed by atoms with E-state index in [1.54, 1.807) is 0 Å². The number of benzene rings is 1. The average Bonchev–Trinajstić information content (AvgIpc) is 3.17. The first-order valence-electron chi connectivity index (χ1n) is 6.96. The highest BCUT2D eigenvalue weighted by atomic mass is 16.1. The second-order valence-electron chi connectivity index (χ2n) is 5.63. The van der Waals surface area contributed by atoms with Gasteiger partial charge in [-0.15, -0.1) is 0 Å². The molecule has 1 aromatic rings. The van der Waals surface area contributed by atoms with Gasteiger partial charge in [0.2, 0.25) is 0 Å². The van der Waals surface area contributed by atoms with Crippen LogP contribution in [0.4, 0.5) is 0 Å². The van der Waals surface area contributed by atoms with Gasteiger partial charge in [-0.1, -0.05) is 37.1 Å². The largest absolute Gasteiger partial charge is 0.294 e. The normalized spacial score (nSPS) is 24.2. The molecular weight excluding hydrogens is 208 g/mol. The first kappa shape index (κ1) is 11.0. The molecule has 0 aromatic heterocycles. The highest BCUT2D eigenvalue weighted by molar-refractivity contribution is 5.99. The molecule has 1 fully saturated rings. The van der Waals surface area contributed by atoms with Gasteiger partial charge in [-0.25, -0.2) is 0 Å². The Bertz CT molecular complexity index is 417. The number of hydrogen-bond donors (Lipinski definition) is 0. The summed E-state index contributed by atoms with van der Waals surface area (Å²) >= 11 is 0. The van der Waals surface area contributed by atoms with Crippen LogP contribution in [0.1, 0.15) is 54.4 Å². The number of rotatable bonds is 3. The average molecular weight is 228 g/mol. The van der Waals surface area contributed by atoms with E-state index in [1.165, 1.54) is 31.2 Å². The molecule has 90 valence electrons. The molecular formula is C16H20O. The molecule has 1 aromatic carbocycles. The zero-order valence-electron chi connectivity index (χ0n) is 10.3. The zero-order chi connectivity index (χ0) is 11.7. The van der Waals surface area contributed by atoms with Crippen LogP contribution in [0.25, 0.3) is 0 Å². The number of ketones is 1. The molecule has 1 nitrogen and oxygen atoms in total. The van der Waals surface area contributed by atoms with Crippen molar-refractivity contribution in [1.82, 2.24) is 0 Å². The fourth-order valence-electron chi connectivity index (χ4n) is 2.99. The number of Topliss-reactive ketones (excluding diaryl/α,β-unsaturated/α-hetero) is 1. The molecule has 1 heteroatoms. The lowest BCUT2D eigenvalue weighted by Crippen LogP contribution is -2.14. The van der Waals surface area contributed by atoms with Gasteiger partial charge in [0, 0.05) is 11.5 Å². The second-order valence-corrected chi connectivity index (χ2v) is 5.63. The van der Waals surface area contributed by atoms with Gasteiger partial charge in [0.25, 0.3) is 0 Å². The van der Waals surface area contributed by atoms with E-state index in [4.69, 9.17) is 0 Å². The van der Waals surface area contributed by atoms with Gasteiger partial charge in [-0.3, -0.25) is 4.79 Å². The summed E-state index contributed by atoms with van der Waals surface area (Å²) in [4.78, 5) is 12.5. The van der Waals surface area contributed by atoms with E-state index in [0.29, 0.717) is 11.7 Å². The van der Waals surface area contributed by atoms with Crippen LogP contribution in [-0.4, -0.2) is 5.78 Å². The Hall–Kier alpha value is -1.11. The molecule has 0 amide bonds. The summed E-state index contributed by atoms with van der Waals surface area (Å²) in [7, 11) is 0. The van der Waals surface area contributed by atoms with Crippen molar-refractivity contribution in [2.45, 2.75) is 44.9 Å². The maximum absolute atomic E-state index is 12.5. The monoisotopic (exact) mass is 228 g/mol. The lowest BCUT2D eigenvalue weighted by atomic mass is 9.90. The van der Waals surface area contributed by atoms with Crippen LogP contribution in [0.15, 0.2) is 24.3 Å². The Balaban J connectivity index is 1.76. The van der Waals surface area contributed by atoms with Crippen molar-refractivity contribution in [2.75, 3.05) is 0 Å². The number of fused-ring (bicyclic) bond motifs is 1. The molecule has 0 N–H and O–H groups in total. The van der Waals surface area contributed by atoms with Crippen molar-refractivity contribution in [2.24, 2.45) is 11.8 Å². The Morgan fingerprint density at radius 3 is 2.71 bits per heavy atom. The van der Waals surface area contributed by atoms with Gasteiger partial charge in [-0.2, -0.15) is 0 Å². The molecule has 0 radical (unpaired) electrons. The van der Waals surface area contributed by atoms with Crippen molar-refractivity contribution in [3.05, 3.63) is 35.4 Å². The summed E-state index contributed by atoms with van der Waals surface area (Å²) in [6.07, 6.45) is 8.56. The lowest BCUT2D eigenvalue weighted by molar-refractivity contribution is 0.0906. The van der Waals surface area contributed by atoms with Gasteiger partial charge < -0.3 is 0 Å². The van der Waals surface area contributed by atoms with Gasteiger partial charge in [0.1, 0.15) is 0 Å². The fraction of sp³-hybridized carbons (Fsp3) is 0.562. The predicted molar refractivity (Wildman–Crippen MR) is 69.2 cm³/mol. The van der Waals surface area contributed by atoms with Crippen molar-refractivity contribution < 1.29 is 4.79 Å². The maximum atomic E-state index is 12.5. The first-order chi connectivity index (χ1) is 8.34. The number of carbonyl (C=O) groups is 1. The minimum absolute atomic E-state index is 0.305. The van der Waals surface area contributed by atoms with E-state index < -0.39 is 0 Å². The summed E-state index contributed by atoms with van der Waals surface area (Å²) in [6, 6.07) is 8.19. The summed E-state index contributed by atoms with van der Waals surface area (Å²) in [5, 5.41) is 0. The van der Waals surface area contributed by atoms with Crippen LogP contribution >= 0.6 is 0 Å². The molecule has 0 saturated heterocycles. The smallest absolute Gasteiger partial charge is 0.166 e. The molecule has 0 bridgehead atoms. The Morgan fingerprint density at radius 2 is 1.88 bits per heavy atom. The van der Waals surface area contributed by atoms with E-state index in [2.05, 4.69) is 12.1 Å². The SMILES string of the molecule is O=C1c2ccccc2CCCC1CCC1CC1. The fourth-order valence-corrected chi connectivity index (χ4v) is 2.99. The molecule has 1 atom stereocenters. The predicted octanol–water partition coefficient (Wildman–Crippen LogP) is 4.01. The van der Waals surface area contributed by atoms with Gasteiger partial charge >= 0.3 is 0 Å². The number of carbonyl (C=O) groups excluding carboxylic acids is 1. The van der Waals surface area contributed by atoms with Crippen molar-refractivity contribution in [3.8, 4) is 0 Å². The van der Waals surface area contributed by atoms with E-state index >= 15 is 0 Å². The molecule has 1 unspecified atom stereocenters. The standard InChI is InChI=1S/C16H20O/c17-16-14(11-10-12-8-9-12)6-3-5-13-4-1-2-7-15(13)16/h1-2,4,7,12,14H,3,5-6,8-11H2. The summed E-state index contributed by atoms with van der Waals surface area (Å²) in [5.41, 5.74) is 2.28. The molecule has 2 aliphatic rings. The summed E-state index contributed by atoms with van der Waals surface area (Å²) < 4.78 is 0. The van der Waals surface area contributed by atoms with Crippen molar-refractivity contribution in [3.63, 3.8) is 0 Å². The Kier molecular flexibility index (Phi) is 3.00. The number of hydrogen-bond acceptors (Lipinski definition) is 1. The molecule has 0 heterocycles. The van der Waals surface area contributed by atoms with Crippen LogP contribution in [0.3, 0.4) is 0 Å². The van der Waals surface area contributed by atoms with Crippen molar-refractivity contribution in [1.29, 1.82) is 0 Å². The third-order valence-electron chi connectivity index (χ3n) is 4.27. The minimum Gasteiger partial charge on any atom is -0.294 e. The third-order valence-corrected chi connectivity index (χ3v) is 4.27. The van der Waals surface area contributed by atoms with Crippen LogP contribution in [0.5, 0.6) is 0 Å². The van der Waals surface area contributed by atoms with E-state index in [1.807, 2.05) is 12.1 Å². The van der Waals surface area contributed by atoms with Gasteiger partial charge in [0.15, 0.2) is 5.78 Å². The summed E-state index contributed by atoms with van der Waals surface area (Å²) in [5.74, 6) is 1.67. The lowest BCUT2D eigenvalue weighted by Gasteiger charge is -2.13. The van der Waals surface area contributed by atoms with Crippen molar-refractivity contribution >= 4 is 5.78 Å². The molecule has 1 saturated carbocycles. The van der Waals surface area contributed by atoms with Crippen LogP contribution in [-0.2, 0) is 6.42 Å². The molecule has 0 spiro atoms. The summed E-state index contributed by atoms with van der Waals surface area (Å²) in [6.45, 7) is 0. The Labute approximate surface area is 103 Å². The van der Waals surface area contributed by atoms with E-state index in [0.717, 1.165) is 30.7 Å². The van der Waals surface area contributed by atoms with E-state index in [9.17, 15) is 4.79 Å². The van der Waals surface area contributed by atoms with Crippen LogP contribution in [0, 0.1) is 11.8 Å². The highest BCUT2D eigenvalue weighted by Crippen LogP contribution is 2.36. The number of aryl methyl sites for hydroxylation is 1. The van der Waals surface area contributed by atoms with Crippen LogP contribution in [0.2, 0.25) is 0 Å². The quantitative estimate of drug-likeness (QED) is 0.714. The second kappa shape index (κ2) is 4.64. The topological polar surface area (TPSA) is 17.1 Å². The zero-order valence-corrected chi connectivity index (χ0v) is 10.3. The highest BCUT2D eigenvalue weighted by Gasteiger charge is 2.28. The molecule has 17 heavy (non-hydrogen) atoms. The minimum atomic E-state index is 0.305. The Morgan fingerprint density at radius 1 is 1.06 bits per heavy atom. The molecule has 3 rings (SSSR count). The molecule has 0 aliphatic heterocycles.